The van der Waals surface area contributed by atoms with Crippen LogP contribution in [0.25, 0.3) is 22.6 Å². The number of nitrogens with zero attached hydrogens (tertiary/aromatic N) is 1. The van der Waals surface area contributed by atoms with Crippen molar-refractivity contribution in [2.45, 2.75) is 44.9 Å². The Labute approximate surface area is 193 Å². The van der Waals surface area contributed by atoms with Crippen molar-refractivity contribution in [2.75, 3.05) is 11.9 Å². The van der Waals surface area contributed by atoms with E-state index in [-0.39, 0.29) is 12.5 Å². The lowest BCUT2D eigenvalue weighted by Crippen LogP contribution is -2.20. The molecule has 0 unspecified atom stereocenters. The number of hydrogen-bond acceptors (Lipinski definition) is 4. The van der Waals surface area contributed by atoms with Gasteiger partial charge in [-0.15, -0.1) is 0 Å². The summed E-state index contributed by atoms with van der Waals surface area (Å²) in [6.07, 6.45) is 6.53. The van der Waals surface area contributed by atoms with Gasteiger partial charge in [0.2, 0.25) is 5.89 Å². The van der Waals surface area contributed by atoms with E-state index >= 15 is 0 Å². The standard InChI is InChI=1S/C28H28N2O3/c1-19-7-16-25-26(17-19)33-28(30-25)22-8-12-23(13-9-22)29-27(31)18-32-24-14-10-21(11-15-24)20-5-3-2-4-6-20/h7-17,20H,2-6,18H2,1H3,(H,29,31). The number of ether oxygens (including phenoxy) is 1. The Morgan fingerprint density at radius 2 is 1.76 bits per heavy atom. The number of aryl methyl sites for hydroxylation is 1. The first-order valence-corrected chi connectivity index (χ1v) is 11.6. The molecule has 1 aliphatic carbocycles. The lowest BCUT2D eigenvalue weighted by atomic mass is 9.84. The largest absolute Gasteiger partial charge is 0.484 e. The van der Waals surface area contributed by atoms with Crippen LogP contribution in [0.2, 0.25) is 0 Å². The predicted octanol–water partition coefficient (Wildman–Crippen LogP) is 6.87. The lowest BCUT2D eigenvalue weighted by molar-refractivity contribution is -0.118. The highest BCUT2D eigenvalue weighted by atomic mass is 16.5. The summed E-state index contributed by atoms with van der Waals surface area (Å²) < 4.78 is 11.6. The Morgan fingerprint density at radius 1 is 1.00 bits per heavy atom. The van der Waals surface area contributed by atoms with Crippen LogP contribution in [0.4, 0.5) is 5.69 Å². The highest BCUT2D eigenvalue weighted by Gasteiger charge is 2.15. The quantitative estimate of drug-likeness (QED) is 0.355. The summed E-state index contributed by atoms with van der Waals surface area (Å²) in [5, 5.41) is 2.87. The highest BCUT2D eigenvalue weighted by Crippen LogP contribution is 2.33. The molecule has 1 aliphatic rings. The third-order valence-electron chi connectivity index (χ3n) is 6.29. The average molecular weight is 441 g/mol. The molecule has 168 valence electrons. The van der Waals surface area contributed by atoms with Crippen LogP contribution in [0.1, 0.15) is 49.1 Å². The van der Waals surface area contributed by atoms with Crippen molar-refractivity contribution in [1.29, 1.82) is 0 Å². The molecule has 3 aromatic carbocycles. The van der Waals surface area contributed by atoms with E-state index in [1.54, 1.807) is 0 Å². The number of carbonyl (C=O) groups is 1. The molecule has 0 saturated heterocycles. The summed E-state index contributed by atoms with van der Waals surface area (Å²) >= 11 is 0. The molecule has 1 N–H and O–H groups in total. The van der Waals surface area contributed by atoms with Crippen LogP contribution in [-0.2, 0) is 4.79 Å². The zero-order valence-corrected chi connectivity index (χ0v) is 18.8. The number of anilines is 1. The number of nitrogens with one attached hydrogen (secondary N) is 1. The monoisotopic (exact) mass is 440 g/mol. The fourth-order valence-electron chi connectivity index (χ4n) is 4.47. The molecule has 4 aromatic rings. The number of fused-ring (bicyclic) bond motifs is 1. The van der Waals surface area contributed by atoms with Crippen LogP contribution < -0.4 is 10.1 Å². The molecule has 5 nitrogen and oxygen atoms in total. The summed E-state index contributed by atoms with van der Waals surface area (Å²) in [4.78, 5) is 16.9. The van der Waals surface area contributed by atoms with E-state index in [9.17, 15) is 4.79 Å². The number of amides is 1. The van der Waals surface area contributed by atoms with Gasteiger partial charge in [0.15, 0.2) is 12.2 Å². The van der Waals surface area contributed by atoms with Gasteiger partial charge in [0.05, 0.1) is 0 Å². The first kappa shape index (κ1) is 21.3. The first-order valence-electron chi connectivity index (χ1n) is 11.6. The Balaban J connectivity index is 1.15. The minimum Gasteiger partial charge on any atom is -0.484 e. The summed E-state index contributed by atoms with van der Waals surface area (Å²) in [6.45, 7) is 1.99. The van der Waals surface area contributed by atoms with Crippen LogP contribution in [0.3, 0.4) is 0 Å². The smallest absolute Gasteiger partial charge is 0.262 e. The second-order valence-corrected chi connectivity index (χ2v) is 8.81. The van der Waals surface area contributed by atoms with Crippen molar-refractivity contribution in [2.24, 2.45) is 0 Å². The maximum Gasteiger partial charge on any atom is 0.262 e. The summed E-state index contributed by atoms with van der Waals surface area (Å²) in [7, 11) is 0. The van der Waals surface area contributed by atoms with E-state index in [0.29, 0.717) is 23.2 Å². The van der Waals surface area contributed by atoms with Crippen molar-refractivity contribution in [3.05, 3.63) is 77.9 Å². The molecular weight excluding hydrogens is 412 g/mol. The molecule has 0 aliphatic heterocycles. The fraction of sp³-hybridized carbons (Fsp3) is 0.286. The Hall–Kier alpha value is -3.60. The predicted molar refractivity (Wildman–Crippen MR) is 131 cm³/mol. The molecule has 0 atom stereocenters. The molecule has 1 heterocycles. The van der Waals surface area contributed by atoms with Crippen LogP contribution in [-0.4, -0.2) is 17.5 Å². The van der Waals surface area contributed by atoms with Gasteiger partial charge >= 0.3 is 0 Å². The molecule has 0 radical (unpaired) electrons. The van der Waals surface area contributed by atoms with E-state index < -0.39 is 0 Å². The number of aromatic nitrogens is 1. The average Bonchev–Trinajstić information content (AvgIpc) is 3.27. The first-order chi connectivity index (χ1) is 16.1. The lowest BCUT2D eigenvalue weighted by Gasteiger charge is -2.22. The van der Waals surface area contributed by atoms with Crippen molar-refractivity contribution in [3.63, 3.8) is 0 Å². The van der Waals surface area contributed by atoms with Gasteiger partial charge in [-0.05, 0) is 85.3 Å². The number of rotatable bonds is 6. The van der Waals surface area contributed by atoms with E-state index in [2.05, 4.69) is 22.4 Å². The SMILES string of the molecule is Cc1ccc2nc(-c3ccc(NC(=O)COc4ccc(C5CCCCC5)cc4)cc3)oc2c1. The van der Waals surface area contributed by atoms with Crippen molar-refractivity contribution in [3.8, 4) is 17.2 Å². The van der Waals surface area contributed by atoms with E-state index in [1.165, 1.54) is 37.7 Å². The van der Waals surface area contributed by atoms with Gasteiger partial charge in [0.25, 0.3) is 5.91 Å². The summed E-state index contributed by atoms with van der Waals surface area (Å²) in [5.41, 5.74) is 5.66. The van der Waals surface area contributed by atoms with Crippen molar-refractivity contribution < 1.29 is 13.9 Å². The zero-order chi connectivity index (χ0) is 22.6. The highest BCUT2D eigenvalue weighted by molar-refractivity contribution is 5.92. The van der Waals surface area contributed by atoms with Gasteiger partial charge in [-0.2, -0.15) is 0 Å². The van der Waals surface area contributed by atoms with Crippen molar-refractivity contribution >= 4 is 22.7 Å². The van der Waals surface area contributed by atoms with Gasteiger partial charge in [-0.1, -0.05) is 37.5 Å². The van der Waals surface area contributed by atoms with Gasteiger partial charge in [0, 0.05) is 11.3 Å². The number of benzene rings is 3. The molecule has 5 rings (SSSR count). The van der Waals surface area contributed by atoms with Gasteiger partial charge in [-0.25, -0.2) is 4.98 Å². The summed E-state index contributed by atoms with van der Waals surface area (Å²) in [6, 6.07) is 21.6. The van der Waals surface area contributed by atoms with E-state index in [4.69, 9.17) is 9.15 Å². The minimum atomic E-state index is -0.198. The number of carbonyl (C=O) groups excluding carboxylic acids is 1. The van der Waals surface area contributed by atoms with Crippen LogP contribution in [0.5, 0.6) is 5.75 Å². The van der Waals surface area contributed by atoms with E-state index in [0.717, 1.165) is 22.2 Å². The summed E-state index contributed by atoms with van der Waals surface area (Å²) in [5.74, 6) is 1.74. The third-order valence-corrected chi connectivity index (χ3v) is 6.29. The molecule has 33 heavy (non-hydrogen) atoms. The Kier molecular flexibility index (Phi) is 6.11. The normalized spacial score (nSPS) is 14.3. The fourth-order valence-corrected chi connectivity index (χ4v) is 4.47. The van der Waals surface area contributed by atoms with Gasteiger partial charge in [0.1, 0.15) is 11.3 Å². The number of hydrogen-bond donors (Lipinski definition) is 1. The molecule has 1 saturated carbocycles. The second-order valence-electron chi connectivity index (χ2n) is 8.81. The molecule has 0 bridgehead atoms. The Morgan fingerprint density at radius 3 is 2.52 bits per heavy atom. The zero-order valence-electron chi connectivity index (χ0n) is 18.8. The van der Waals surface area contributed by atoms with Crippen LogP contribution in [0.15, 0.2) is 71.1 Å². The van der Waals surface area contributed by atoms with Crippen LogP contribution >= 0.6 is 0 Å². The van der Waals surface area contributed by atoms with Gasteiger partial charge in [-0.3, -0.25) is 4.79 Å². The van der Waals surface area contributed by atoms with Gasteiger partial charge < -0.3 is 14.5 Å². The molecule has 1 amide bonds. The Bertz CT molecular complexity index is 1240. The van der Waals surface area contributed by atoms with Crippen molar-refractivity contribution in [1.82, 2.24) is 4.98 Å². The molecule has 1 aromatic heterocycles. The van der Waals surface area contributed by atoms with Crippen LogP contribution in [0, 0.1) is 6.92 Å². The maximum atomic E-state index is 12.3. The van der Waals surface area contributed by atoms with E-state index in [1.807, 2.05) is 61.5 Å². The molecule has 1 fully saturated rings. The molecule has 5 heteroatoms. The third kappa shape index (κ3) is 5.08. The molecule has 0 spiro atoms. The number of oxazole rings is 1. The second kappa shape index (κ2) is 9.49. The maximum absolute atomic E-state index is 12.3. The molecular formula is C28H28N2O3. The topological polar surface area (TPSA) is 64.4 Å². The minimum absolute atomic E-state index is 0.0327.